The average Bonchev–Trinajstić information content (AvgIpc) is 2.85. The third kappa shape index (κ3) is 1.57. The SMILES string of the molecule is C=c1[nH]c(=Cc2c[nH]c3ncccc23)c(=O)o1. The lowest BCUT2D eigenvalue weighted by Gasteiger charge is -1.88. The third-order valence-corrected chi connectivity index (χ3v) is 2.49. The number of pyridine rings is 1. The van der Waals surface area contributed by atoms with Crippen LogP contribution in [0.5, 0.6) is 0 Å². The van der Waals surface area contributed by atoms with Crippen LogP contribution < -0.4 is 16.5 Å². The van der Waals surface area contributed by atoms with Crippen molar-refractivity contribution in [1.29, 1.82) is 0 Å². The van der Waals surface area contributed by atoms with Gasteiger partial charge in [-0.05, 0) is 24.8 Å². The number of rotatable bonds is 1. The van der Waals surface area contributed by atoms with Crippen molar-refractivity contribution in [2.45, 2.75) is 0 Å². The van der Waals surface area contributed by atoms with Gasteiger partial charge in [0.05, 0.1) is 0 Å². The largest absolute Gasteiger partial charge is 0.405 e. The van der Waals surface area contributed by atoms with Gasteiger partial charge in [0, 0.05) is 23.3 Å². The van der Waals surface area contributed by atoms with Crippen LogP contribution in [0.1, 0.15) is 5.56 Å². The first-order valence-corrected chi connectivity index (χ1v) is 5.06. The summed E-state index contributed by atoms with van der Waals surface area (Å²) in [7, 11) is 0. The molecule has 0 spiro atoms. The molecule has 0 fully saturated rings. The molecule has 3 aromatic heterocycles. The Morgan fingerprint density at radius 2 is 2.35 bits per heavy atom. The van der Waals surface area contributed by atoms with E-state index in [-0.39, 0.29) is 5.55 Å². The van der Waals surface area contributed by atoms with Gasteiger partial charge in [0.2, 0.25) is 0 Å². The van der Waals surface area contributed by atoms with Crippen molar-refractivity contribution in [2.24, 2.45) is 0 Å². The molecule has 3 heterocycles. The fraction of sp³-hybridized carbons (Fsp3) is 0. The molecular formula is C12H9N3O2. The highest BCUT2D eigenvalue weighted by Crippen LogP contribution is 2.15. The minimum atomic E-state index is -0.423. The van der Waals surface area contributed by atoms with E-state index in [9.17, 15) is 4.79 Å². The Bertz CT molecular complexity index is 838. The number of aromatic amines is 2. The lowest BCUT2D eigenvalue weighted by molar-refractivity contribution is 0.488. The fourth-order valence-electron chi connectivity index (χ4n) is 1.74. The van der Waals surface area contributed by atoms with Gasteiger partial charge in [-0.3, -0.25) is 0 Å². The molecule has 0 aliphatic heterocycles. The molecule has 0 aromatic carbocycles. The Balaban J connectivity index is 2.31. The van der Waals surface area contributed by atoms with Crippen molar-refractivity contribution >= 4 is 23.7 Å². The Labute approximate surface area is 95.1 Å². The number of aromatic nitrogens is 3. The summed E-state index contributed by atoms with van der Waals surface area (Å²) in [5.74, 6) is 0. The van der Waals surface area contributed by atoms with Crippen molar-refractivity contribution in [3.8, 4) is 0 Å². The van der Waals surface area contributed by atoms with E-state index in [0.29, 0.717) is 5.35 Å². The highest BCUT2D eigenvalue weighted by Gasteiger charge is 2.02. The molecule has 0 unspecified atom stereocenters. The molecule has 0 saturated heterocycles. The van der Waals surface area contributed by atoms with Gasteiger partial charge < -0.3 is 14.4 Å². The minimum Gasteiger partial charge on any atom is -0.405 e. The molecule has 2 N–H and O–H groups in total. The van der Waals surface area contributed by atoms with Gasteiger partial charge in [0.25, 0.3) is 0 Å². The first-order chi connectivity index (χ1) is 8.24. The van der Waals surface area contributed by atoms with Crippen LogP contribution in [0.2, 0.25) is 0 Å². The maximum Gasteiger partial charge on any atom is 0.361 e. The maximum absolute atomic E-state index is 11.4. The summed E-state index contributed by atoms with van der Waals surface area (Å²) in [6.07, 6.45) is 5.21. The monoisotopic (exact) mass is 227 g/mol. The van der Waals surface area contributed by atoms with Crippen molar-refractivity contribution in [3.63, 3.8) is 0 Å². The van der Waals surface area contributed by atoms with Crippen LogP contribution in [0, 0.1) is 0 Å². The van der Waals surface area contributed by atoms with Crippen LogP contribution in [0.4, 0.5) is 0 Å². The van der Waals surface area contributed by atoms with Gasteiger partial charge in [0.15, 0.2) is 5.55 Å². The van der Waals surface area contributed by atoms with E-state index in [1.165, 1.54) is 0 Å². The smallest absolute Gasteiger partial charge is 0.361 e. The van der Waals surface area contributed by atoms with Gasteiger partial charge in [-0.15, -0.1) is 0 Å². The summed E-state index contributed by atoms with van der Waals surface area (Å²) >= 11 is 0. The highest BCUT2D eigenvalue weighted by atomic mass is 16.4. The summed E-state index contributed by atoms with van der Waals surface area (Å²) < 4.78 is 4.80. The molecule has 0 bridgehead atoms. The molecule has 84 valence electrons. The molecule has 0 radical (unpaired) electrons. The van der Waals surface area contributed by atoms with Crippen LogP contribution in [-0.2, 0) is 0 Å². The summed E-state index contributed by atoms with van der Waals surface area (Å²) in [6, 6.07) is 3.78. The average molecular weight is 227 g/mol. The standard InChI is InChI=1S/C12H9N3O2/c1-7-15-10(12(16)17-7)5-8-6-14-11-9(8)3-2-4-13-11/h2-6,15H,1H2,(H,13,14). The molecule has 0 aliphatic carbocycles. The lowest BCUT2D eigenvalue weighted by atomic mass is 10.2. The molecule has 0 saturated carbocycles. The normalized spacial score (nSPS) is 12.4. The summed E-state index contributed by atoms with van der Waals surface area (Å²) in [4.78, 5) is 21.4. The van der Waals surface area contributed by atoms with Gasteiger partial charge >= 0.3 is 5.63 Å². The van der Waals surface area contributed by atoms with E-state index in [0.717, 1.165) is 16.6 Å². The number of nitrogens with zero attached hydrogens (tertiary/aromatic N) is 1. The summed E-state index contributed by atoms with van der Waals surface area (Å²) in [5.41, 5.74) is 1.49. The number of H-pyrrole nitrogens is 2. The number of nitrogens with one attached hydrogen (secondary N) is 2. The minimum absolute atomic E-state index is 0.249. The van der Waals surface area contributed by atoms with E-state index >= 15 is 0 Å². The van der Waals surface area contributed by atoms with E-state index in [1.807, 2.05) is 12.1 Å². The Morgan fingerprint density at radius 3 is 3.12 bits per heavy atom. The maximum atomic E-state index is 11.4. The second-order valence-electron chi connectivity index (χ2n) is 3.64. The second kappa shape index (κ2) is 3.48. The van der Waals surface area contributed by atoms with Crippen molar-refractivity contribution in [1.82, 2.24) is 15.0 Å². The van der Waals surface area contributed by atoms with Gasteiger partial charge in [-0.25, -0.2) is 9.78 Å². The summed E-state index contributed by atoms with van der Waals surface area (Å²) in [6.45, 7) is 3.53. The second-order valence-corrected chi connectivity index (χ2v) is 3.64. The van der Waals surface area contributed by atoms with Crippen molar-refractivity contribution < 1.29 is 4.42 Å². The zero-order valence-electron chi connectivity index (χ0n) is 8.86. The Morgan fingerprint density at radius 1 is 1.47 bits per heavy atom. The van der Waals surface area contributed by atoms with Crippen LogP contribution >= 0.6 is 0 Å². The van der Waals surface area contributed by atoms with Crippen LogP contribution in [0.15, 0.2) is 33.7 Å². The number of fused-ring (bicyclic) bond motifs is 1. The first-order valence-electron chi connectivity index (χ1n) is 5.06. The Kier molecular flexibility index (Phi) is 1.98. The van der Waals surface area contributed by atoms with Crippen LogP contribution in [0.25, 0.3) is 23.7 Å². The number of oxazole rings is 1. The van der Waals surface area contributed by atoms with Gasteiger partial charge in [-0.1, -0.05) is 0 Å². The summed E-state index contributed by atoms with van der Waals surface area (Å²) in [5, 5.41) is 1.33. The molecule has 5 heteroatoms. The third-order valence-electron chi connectivity index (χ3n) is 2.49. The quantitative estimate of drug-likeness (QED) is 0.618. The molecular weight excluding hydrogens is 218 g/mol. The number of hydrogen-bond donors (Lipinski definition) is 2. The van der Waals surface area contributed by atoms with E-state index in [1.54, 1.807) is 18.5 Å². The number of hydrogen-bond acceptors (Lipinski definition) is 3. The predicted molar refractivity (Wildman–Crippen MR) is 63.8 cm³/mol. The molecule has 0 amide bonds. The highest BCUT2D eigenvalue weighted by molar-refractivity contribution is 5.85. The Hall–Kier alpha value is -2.56. The molecule has 3 rings (SSSR count). The molecule has 0 atom stereocenters. The van der Waals surface area contributed by atoms with Gasteiger partial charge in [-0.2, -0.15) is 0 Å². The molecule has 5 nitrogen and oxygen atoms in total. The van der Waals surface area contributed by atoms with E-state index in [2.05, 4.69) is 21.5 Å². The van der Waals surface area contributed by atoms with Gasteiger partial charge in [0.1, 0.15) is 11.0 Å². The van der Waals surface area contributed by atoms with Crippen molar-refractivity contribution in [2.75, 3.05) is 0 Å². The molecule has 3 aromatic rings. The molecule has 17 heavy (non-hydrogen) atoms. The fourth-order valence-corrected chi connectivity index (χ4v) is 1.74. The van der Waals surface area contributed by atoms with E-state index in [4.69, 9.17) is 4.42 Å². The zero-order valence-corrected chi connectivity index (χ0v) is 8.86. The predicted octanol–water partition coefficient (Wildman–Crippen LogP) is 0.0833. The van der Waals surface area contributed by atoms with Crippen LogP contribution in [-0.4, -0.2) is 15.0 Å². The lowest BCUT2D eigenvalue weighted by Crippen LogP contribution is -2.20. The zero-order chi connectivity index (χ0) is 11.8. The van der Waals surface area contributed by atoms with Crippen LogP contribution in [0.3, 0.4) is 0 Å². The molecule has 0 aliphatic rings. The van der Waals surface area contributed by atoms with E-state index < -0.39 is 5.63 Å². The topological polar surface area (TPSA) is 74.7 Å². The first kappa shape index (κ1) is 9.65. The van der Waals surface area contributed by atoms with Crippen molar-refractivity contribution in [3.05, 3.63) is 51.4 Å².